The van der Waals surface area contributed by atoms with Crippen LogP contribution in [0.25, 0.3) is 6.08 Å². The number of rotatable bonds is 8. The van der Waals surface area contributed by atoms with Gasteiger partial charge in [0.25, 0.3) is 11.1 Å². The number of methoxy groups -OCH3 is 1. The SMILES string of the molecule is CCOC(=O)CN1C(=O)S/C(=C\c2ccc(OC)c(OCc3c(Cl)cccc3Cl)c2)C1=O. The van der Waals surface area contributed by atoms with E-state index in [1.54, 1.807) is 49.4 Å². The van der Waals surface area contributed by atoms with Crippen LogP contribution in [0.2, 0.25) is 10.0 Å². The summed E-state index contributed by atoms with van der Waals surface area (Å²) in [4.78, 5) is 37.4. The molecule has 2 aromatic rings. The van der Waals surface area contributed by atoms with Crippen molar-refractivity contribution in [3.8, 4) is 11.5 Å². The Bertz CT molecular complexity index is 1070. The Labute approximate surface area is 199 Å². The topological polar surface area (TPSA) is 82.1 Å². The number of nitrogens with zero attached hydrogens (tertiary/aromatic N) is 1. The second kappa shape index (κ2) is 10.8. The molecule has 2 aromatic carbocycles. The molecular weight excluding hydrogens is 477 g/mol. The minimum atomic E-state index is -0.644. The van der Waals surface area contributed by atoms with Crippen LogP contribution in [0.1, 0.15) is 18.1 Å². The quantitative estimate of drug-likeness (QED) is 0.368. The van der Waals surface area contributed by atoms with Crippen LogP contribution >= 0.6 is 35.0 Å². The van der Waals surface area contributed by atoms with E-state index >= 15 is 0 Å². The van der Waals surface area contributed by atoms with Crippen LogP contribution in [-0.2, 0) is 20.9 Å². The van der Waals surface area contributed by atoms with Crippen molar-refractivity contribution in [1.29, 1.82) is 0 Å². The van der Waals surface area contributed by atoms with Crippen molar-refractivity contribution in [2.75, 3.05) is 20.3 Å². The summed E-state index contributed by atoms with van der Waals surface area (Å²) in [6.45, 7) is 1.49. The summed E-state index contributed by atoms with van der Waals surface area (Å²) in [6, 6.07) is 10.2. The van der Waals surface area contributed by atoms with E-state index in [0.29, 0.717) is 32.7 Å². The van der Waals surface area contributed by atoms with Crippen molar-refractivity contribution in [2.45, 2.75) is 13.5 Å². The Morgan fingerprint density at radius 1 is 1.12 bits per heavy atom. The van der Waals surface area contributed by atoms with Gasteiger partial charge in [0, 0.05) is 15.6 Å². The van der Waals surface area contributed by atoms with Crippen molar-refractivity contribution in [2.24, 2.45) is 0 Å². The number of imide groups is 1. The second-order valence-corrected chi connectivity index (χ2v) is 8.28. The van der Waals surface area contributed by atoms with Gasteiger partial charge in [-0.15, -0.1) is 0 Å². The average Bonchev–Trinajstić information content (AvgIpc) is 3.01. The van der Waals surface area contributed by atoms with Crippen LogP contribution in [0.5, 0.6) is 11.5 Å². The second-order valence-electron chi connectivity index (χ2n) is 6.47. The maximum absolute atomic E-state index is 12.6. The first-order valence-corrected chi connectivity index (χ1v) is 11.1. The van der Waals surface area contributed by atoms with Gasteiger partial charge in [-0.05, 0) is 54.6 Å². The van der Waals surface area contributed by atoms with E-state index in [2.05, 4.69) is 0 Å². The first kappa shape index (κ1) is 24.0. The average molecular weight is 496 g/mol. The van der Waals surface area contributed by atoms with Crippen molar-refractivity contribution in [3.05, 3.63) is 62.5 Å². The predicted molar refractivity (Wildman–Crippen MR) is 123 cm³/mol. The van der Waals surface area contributed by atoms with E-state index in [-0.39, 0.29) is 18.1 Å². The van der Waals surface area contributed by atoms with Gasteiger partial charge in [-0.2, -0.15) is 0 Å². The molecule has 1 fully saturated rings. The van der Waals surface area contributed by atoms with Crippen molar-refractivity contribution < 1.29 is 28.6 Å². The molecule has 0 atom stereocenters. The molecule has 1 aliphatic heterocycles. The highest BCUT2D eigenvalue weighted by Crippen LogP contribution is 2.35. The van der Waals surface area contributed by atoms with Crippen LogP contribution in [0, 0.1) is 0 Å². The van der Waals surface area contributed by atoms with E-state index < -0.39 is 23.7 Å². The summed E-state index contributed by atoms with van der Waals surface area (Å²) in [5.74, 6) is -0.327. The van der Waals surface area contributed by atoms with Crippen LogP contribution in [0.15, 0.2) is 41.3 Å². The smallest absolute Gasteiger partial charge is 0.326 e. The predicted octanol–water partition coefficient (Wildman–Crippen LogP) is 5.18. The zero-order valence-corrected chi connectivity index (χ0v) is 19.6. The molecule has 1 aliphatic rings. The fourth-order valence-electron chi connectivity index (χ4n) is 2.84. The molecule has 0 radical (unpaired) electrons. The molecule has 3 rings (SSSR count). The molecule has 10 heteroatoms. The summed E-state index contributed by atoms with van der Waals surface area (Å²) in [5, 5.41) is 0.415. The van der Waals surface area contributed by atoms with Crippen LogP contribution in [0.4, 0.5) is 4.79 Å². The molecule has 32 heavy (non-hydrogen) atoms. The molecule has 0 aliphatic carbocycles. The molecular formula is C22H19Cl2NO6S. The summed E-state index contributed by atoms with van der Waals surface area (Å²) < 4.78 is 16.0. The monoisotopic (exact) mass is 495 g/mol. The zero-order chi connectivity index (χ0) is 23.3. The number of halogens is 2. The highest BCUT2D eigenvalue weighted by Gasteiger charge is 2.36. The highest BCUT2D eigenvalue weighted by molar-refractivity contribution is 8.18. The van der Waals surface area contributed by atoms with Crippen LogP contribution in [0.3, 0.4) is 0 Å². The molecule has 0 saturated carbocycles. The fraction of sp³-hybridized carbons (Fsp3) is 0.227. The third kappa shape index (κ3) is 5.56. The number of hydrogen-bond donors (Lipinski definition) is 0. The first-order chi connectivity index (χ1) is 15.3. The standard InChI is InChI=1S/C22H19Cl2NO6S/c1-3-30-20(26)11-25-21(27)19(32-22(25)28)10-13-7-8-17(29-2)18(9-13)31-12-14-15(23)5-4-6-16(14)24/h4-10H,3,11-12H2,1-2H3/b19-10-. The number of amides is 2. The van der Waals surface area contributed by atoms with Gasteiger partial charge in [0.05, 0.1) is 18.6 Å². The summed E-state index contributed by atoms with van der Waals surface area (Å²) in [7, 11) is 1.51. The fourth-order valence-corrected chi connectivity index (χ4v) is 4.18. The summed E-state index contributed by atoms with van der Waals surface area (Å²) >= 11 is 13.1. The zero-order valence-electron chi connectivity index (χ0n) is 17.2. The van der Waals surface area contributed by atoms with E-state index in [1.807, 2.05) is 0 Å². The lowest BCUT2D eigenvalue weighted by Crippen LogP contribution is -2.34. The van der Waals surface area contributed by atoms with Gasteiger partial charge >= 0.3 is 5.97 Å². The van der Waals surface area contributed by atoms with Crippen molar-refractivity contribution >= 4 is 58.2 Å². The van der Waals surface area contributed by atoms with Gasteiger partial charge in [-0.25, -0.2) is 0 Å². The molecule has 1 heterocycles. The minimum Gasteiger partial charge on any atom is -0.493 e. The molecule has 168 valence electrons. The Kier molecular flexibility index (Phi) is 8.06. The summed E-state index contributed by atoms with van der Waals surface area (Å²) in [6.07, 6.45) is 1.55. The van der Waals surface area contributed by atoms with Crippen molar-refractivity contribution in [1.82, 2.24) is 4.90 Å². The van der Waals surface area contributed by atoms with Crippen LogP contribution in [-0.4, -0.2) is 42.3 Å². The first-order valence-electron chi connectivity index (χ1n) is 9.48. The van der Waals surface area contributed by atoms with Gasteiger partial charge in [-0.3, -0.25) is 19.3 Å². The maximum Gasteiger partial charge on any atom is 0.326 e. The molecule has 0 unspecified atom stereocenters. The number of esters is 1. The van der Waals surface area contributed by atoms with Crippen molar-refractivity contribution in [3.63, 3.8) is 0 Å². The van der Waals surface area contributed by atoms with Crippen LogP contribution < -0.4 is 9.47 Å². The molecule has 0 spiro atoms. The Morgan fingerprint density at radius 3 is 2.50 bits per heavy atom. The highest BCUT2D eigenvalue weighted by atomic mass is 35.5. The molecule has 1 saturated heterocycles. The lowest BCUT2D eigenvalue weighted by atomic mass is 10.1. The van der Waals surface area contributed by atoms with E-state index in [0.717, 1.165) is 16.7 Å². The van der Waals surface area contributed by atoms with Gasteiger partial charge in [0.1, 0.15) is 13.2 Å². The van der Waals surface area contributed by atoms with Gasteiger partial charge in [-0.1, -0.05) is 35.3 Å². The molecule has 0 aromatic heterocycles. The van der Waals surface area contributed by atoms with Gasteiger partial charge in [0.15, 0.2) is 11.5 Å². The Balaban J connectivity index is 1.80. The third-order valence-electron chi connectivity index (χ3n) is 4.39. The number of thioether (sulfide) groups is 1. The Hall–Kier alpha value is -2.68. The largest absolute Gasteiger partial charge is 0.493 e. The normalized spacial score (nSPS) is 14.8. The van der Waals surface area contributed by atoms with E-state index in [4.69, 9.17) is 37.4 Å². The summed E-state index contributed by atoms with van der Waals surface area (Å²) in [5.41, 5.74) is 1.23. The minimum absolute atomic E-state index is 0.106. The third-order valence-corrected chi connectivity index (χ3v) is 6.00. The van der Waals surface area contributed by atoms with Gasteiger partial charge in [0.2, 0.25) is 0 Å². The number of ether oxygens (including phenoxy) is 3. The van der Waals surface area contributed by atoms with Gasteiger partial charge < -0.3 is 14.2 Å². The number of benzene rings is 2. The lowest BCUT2D eigenvalue weighted by Gasteiger charge is -2.13. The lowest BCUT2D eigenvalue weighted by molar-refractivity contribution is -0.145. The Morgan fingerprint density at radius 2 is 1.84 bits per heavy atom. The number of carbonyl (C=O) groups is 3. The van der Waals surface area contributed by atoms with E-state index in [9.17, 15) is 14.4 Å². The maximum atomic E-state index is 12.6. The molecule has 0 N–H and O–H groups in total. The van der Waals surface area contributed by atoms with E-state index in [1.165, 1.54) is 7.11 Å². The number of carbonyl (C=O) groups excluding carboxylic acids is 3. The molecule has 2 amide bonds. The molecule has 7 nitrogen and oxygen atoms in total. The number of hydrogen-bond acceptors (Lipinski definition) is 7. The molecule has 0 bridgehead atoms.